The van der Waals surface area contributed by atoms with E-state index in [1.807, 2.05) is 6.07 Å². The van der Waals surface area contributed by atoms with Crippen LogP contribution in [0.5, 0.6) is 0 Å². The van der Waals surface area contributed by atoms with E-state index in [4.69, 9.17) is 9.68 Å². The van der Waals surface area contributed by atoms with Crippen molar-refractivity contribution in [3.05, 3.63) is 23.7 Å². The van der Waals surface area contributed by atoms with E-state index < -0.39 is 0 Å². The molecule has 1 rings (SSSR count). The first-order valence-corrected chi connectivity index (χ1v) is 3.34. The Hall–Kier alpha value is -1.76. The lowest BCUT2D eigenvalue weighted by molar-refractivity contribution is -0.142. The summed E-state index contributed by atoms with van der Waals surface area (Å²) in [6.45, 7) is 1.39. The summed E-state index contributed by atoms with van der Waals surface area (Å²) >= 11 is 0. The lowest BCUT2D eigenvalue weighted by Gasteiger charge is -1.95. The quantitative estimate of drug-likeness (QED) is 0.618. The Balaban J connectivity index is 2.54. The van der Waals surface area contributed by atoms with E-state index in [1.165, 1.54) is 13.0 Å². The number of esters is 1. The number of hydrogen-bond acceptors (Lipinski definition) is 4. The first-order valence-electron chi connectivity index (χ1n) is 3.34. The van der Waals surface area contributed by atoms with Gasteiger partial charge in [0.2, 0.25) is 5.76 Å². The van der Waals surface area contributed by atoms with Crippen molar-refractivity contribution in [3.63, 3.8) is 0 Å². The van der Waals surface area contributed by atoms with Crippen LogP contribution >= 0.6 is 0 Å². The Bertz CT molecular complexity index is 321. The molecule has 1 heterocycles. The highest BCUT2D eigenvalue weighted by molar-refractivity contribution is 5.65. The van der Waals surface area contributed by atoms with Crippen LogP contribution in [-0.4, -0.2) is 5.97 Å². The van der Waals surface area contributed by atoms with Crippen LogP contribution in [0.25, 0.3) is 0 Å². The third-order valence-corrected chi connectivity index (χ3v) is 1.19. The van der Waals surface area contributed by atoms with Gasteiger partial charge in [-0.05, 0) is 12.1 Å². The first kappa shape index (κ1) is 8.34. The summed E-state index contributed by atoms with van der Waals surface area (Å²) in [6, 6.07) is 4.95. The number of furan rings is 1. The maximum atomic E-state index is 10.4. The second-order valence-corrected chi connectivity index (χ2v) is 2.16. The van der Waals surface area contributed by atoms with Crippen LogP contribution in [-0.2, 0) is 16.1 Å². The third-order valence-electron chi connectivity index (χ3n) is 1.19. The fraction of sp³-hybridized carbons (Fsp3) is 0.250. The molecule has 12 heavy (non-hydrogen) atoms. The molecule has 0 N–H and O–H groups in total. The minimum Gasteiger partial charge on any atom is -0.458 e. The van der Waals surface area contributed by atoms with Gasteiger partial charge in [-0.1, -0.05) is 0 Å². The average molecular weight is 165 g/mol. The smallest absolute Gasteiger partial charge is 0.303 e. The molecule has 0 fully saturated rings. The van der Waals surface area contributed by atoms with Crippen LogP contribution in [0.15, 0.2) is 16.5 Å². The van der Waals surface area contributed by atoms with Gasteiger partial charge in [0.25, 0.3) is 0 Å². The summed E-state index contributed by atoms with van der Waals surface area (Å²) in [5, 5.41) is 8.38. The molecule has 0 aliphatic carbocycles. The van der Waals surface area contributed by atoms with Gasteiger partial charge in [-0.2, -0.15) is 5.26 Å². The number of nitrogens with zero attached hydrogens (tertiary/aromatic N) is 1. The molecule has 1 aromatic heterocycles. The molecule has 0 saturated heterocycles. The van der Waals surface area contributed by atoms with Crippen molar-refractivity contribution >= 4 is 5.97 Å². The van der Waals surface area contributed by atoms with Crippen LogP contribution in [0.1, 0.15) is 18.4 Å². The van der Waals surface area contributed by atoms with Crippen molar-refractivity contribution in [2.45, 2.75) is 13.5 Å². The topological polar surface area (TPSA) is 63.2 Å². The highest BCUT2D eigenvalue weighted by atomic mass is 16.5. The van der Waals surface area contributed by atoms with Crippen LogP contribution in [0.2, 0.25) is 0 Å². The van der Waals surface area contributed by atoms with Crippen LogP contribution in [0, 0.1) is 11.3 Å². The minimum atomic E-state index is -0.370. The van der Waals surface area contributed by atoms with Crippen molar-refractivity contribution < 1.29 is 13.9 Å². The fourth-order valence-corrected chi connectivity index (χ4v) is 0.688. The maximum Gasteiger partial charge on any atom is 0.303 e. The van der Waals surface area contributed by atoms with Crippen molar-refractivity contribution in [3.8, 4) is 6.07 Å². The predicted octanol–water partition coefficient (Wildman–Crippen LogP) is 1.21. The number of ether oxygens (including phenoxy) is 1. The van der Waals surface area contributed by atoms with Crippen molar-refractivity contribution in [2.24, 2.45) is 0 Å². The Morgan fingerprint density at radius 1 is 1.75 bits per heavy atom. The normalized spacial score (nSPS) is 9.00. The summed E-state index contributed by atoms with van der Waals surface area (Å²) in [5.41, 5.74) is 0. The largest absolute Gasteiger partial charge is 0.458 e. The molecule has 4 nitrogen and oxygen atoms in total. The number of carbonyl (C=O) groups excluding carboxylic acids is 1. The Morgan fingerprint density at radius 2 is 2.50 bits per heavy atom. The molecule has 0 aliphatic rings. The van der Waals surface area contributed by atoms with E-state index in [0.717, 1.165) is 0 Å². The summed E-state index contributed by atoms with van der Waals surface area (Å²) < 4.78 is 9.59. The van der Waals surface area contributed by atoms with Crippen LogP contribution < -0.4 is 0 Å². The lowest BCUT2D eigenvalue weighted by Crippen LogP contribution is -1.97. The average Bonchev–Trinajstić information content (AvgIpc) is 2.48. The van der Waals surface area contributed by atoms with Crippen LogP contribution in [0.3, 0.4) is 0 Å². The molecular weight excluding hydrogens is 158 g/mol. The zero-order chi connectivity index (χ0) is 8.97. The number of carbonyl (C=O) groups is 1. The highest BCUT2D eigenvalue weighted by Crippen LogP contribution is 2.07. The summed E-state index contributed by atoms with van der Waals surface area (Å²) in [7, 11) is 0. The van der Waals surface area contributed by atoms with E-state index >= 15 is 0 Å². The standard InChI is InChI=1S/C8H7NO3/c1-6(10)11-5-8-3-2-7(4-9)12-8/h2-3H,5H2,1H3. The highest BCUT2D eigenvalue weighted by Gasteiger charge is 2.01. The van der Waals surface area contributed by atoms with Gasteiger partial charge in [0.05, 0.1) is 0 Å². The third kappa shape index (κ3) is 2.13. The Kier molecular flexibility index (Phi) is 2.49. The van der Waals surface area contributed by atoms with Gasteiger partial charge >= 0.3 is 5.97 Å². The van der Waals surface area contributed by atoms with E-state index in [-0.39, 0.29) is 18.3 Å². The molecule has 0 aliphatic heterocycles. The van der Waals surface area contributed by atoms with Gasteiger partial charge in [0, 0.05) is 6.92 Å². The van der Waals surface area contributed by atoms with Gasteiger partial charge in [-0.15, -0.1) is 0 Å². The van der Waals surface area contributed by atoms with Crippen LogP contribution in [0.4, 0.5) is 0 Å². The summed E-state index contributed by atoms with van der Waals surface area (Å²) in [5.74, 6) is 0.323. The number of nitriles is 1. The zero-order valence-electron chi connectivity index (χ0n) is 6.53. The number of hydrogen-bond donors (Lipinski definition) is 0. The lowest BCUT2D eigenvalue weighted by atomic mass is 10.4. The van der Waals surface area contributed by atoms with Gasteiger partial charge in [-0.3, -0.25) is 4.79 Å². The molecule has 0 atom stereocenters. The monoisotopic (exact) mass is 165 g/mol. The first-order chi connectivity index (χ1) is 5.72. The second kappa shape index (κ2) is 3.58. The second-order valence-electron chi connectivity index (χ2n) is 2.16. The SMILES string of the molecule is CC(=O)OCc1ccc(C#N)o1. The van der Waals surface area contributed by atoms with E-state index in [1.54, 1.807) is 6.07 Å². The molecule has 62 valence electrons. The molecule has 0 amide bonds. The van der Waals surface area contributed by atoms with Crippen molar-refractivity contribution in [2.75, 3.05) is 0 Å². The molecule has 0 spiro atoms. The Morgan fingerprint density at radius 3 is 3.00 bits per heavy atom. The fourth-order valence-electron chi connectivity index (χ4n) is 0.688. The molecule has 0 bridgehead atoms. The molecule has 1 aromatic rings. The Labute approximate surface area is 69.4 Å². The zero-order valence-corrected chi connectivity index (χ0v) is 6.53. The molecule has 0 aromatic carbocycles. The maximum absolute atomic E-state index is 10.4. The van der Waals surface area contributed by atoms with E-state index in [0.29, 0.717) is 5.76 Å². The van der Waals surface area contributed by atoms with Gasteiger partial charge < -0.3 is 9.15 Å². The molecule has 4 heteroatoms. The van der Waals surface area contributed by atoms with Gasteiger partial charge in [0.1, 0.15) is 18.4 Å². The van der Waals surface area contributed by atoms with Gasteiger partial charge in [-0.25, -0.2) is 0 Å². The van der Waals surface area contributed by atoms with E-state index in [9.17, 15) is 4.79 Å². The van der Waals surface area contributed by atoms with Gasteiger partial charge in [0.15, 0.2) is 0 Å². The van der Waals surface area contributed by atoms with Crippen molar-refractivity contribution in [1.82, 2.24) is 0 Å². The summed E-state index contributed by atoms with van der Waals surface area (Å²) in [6.07, 6.45) is 0. The van der Waals surface area contributed by atoms with E-state index in [2.05, 4.69) is 4.74 Å². The molecular formula is C8H7NO3. The molecule has 0 saturated carbocycles. The number of rotatable bonds is 2. The molecule has 0 unspecified atom stereocenters. The van der Waals surface area contributed by atoms with Crippen molar-refractivity contribution in [1.29, 1.82) is 5.26 Å². The predicted molar refractivity (Wildman–Crippen MR) is 38.9 cm³/mol. The molecule has 0 radical (unpaired) electrons. The summed E-state index contributed by atoms with van der Waals surface area (Å²) in [4.78, 5) is 10.4. The minimum absolute atomic E-state index is 0.0804.